The maximum absolute atomic E-state index is 10.9. The van der Waals surface area contributed by atoms with Crippen molar-refractivity contribution in [1.82, 2.24) is 0 Å². The summed E-state index contributed by atoms with van der Waals surface area (Å²) in [5, 5.41) is -1.73. The van der Waals surface area contributed by atoms with Crippen molar-refractivity contribution in [3.05, 3.63) is 34.3 Å². The molecule has 1 aromatic carbocycles. The number of hydrogen-bond acceptors (Lipinski definition) is 3. The molecule has 1 unspecified atom stereocenters. The Kier molecular flexibility index (Phi) is 3.48. The largest absolute Gasteiger partial charge is 0.368 e. The second-order valence-electron chi connectivity index (χ2n) is 2.85. The number of hydrogen-bond donors (Lipinski definition) is 2. The predicted molar refractivity (Wildman–Crippen MR) is 57.6 cm³/mol. The summed E-state index contributed by atoms with van der Waals surface area (Å²) in [6.45, 7) is 0. The highest BCUT2D eigenvalue weighted by atomic mass is 79.9. The molecule has 0 saturated heterocycles. The summed E-state index contributed by atoms with van der Waals surface area (Å²) in [5.74, 6) is -1.12. The Morgan fingerprint density at radius 2 is 2.07 bits per heavy atom. The molecule has 3 N–H and O–H groups in total. The third-order valence-corrected chi connectivity index (χ3v) is 3.30. The number of amides is 1. The molecule has 1 aromatic rings. The van der Waals surface area contributed by atoms with E-state index in [1.807, 2.05) is 0 Å². The second kappa shape index (κ2) is 4.30. The minimum Gasteiger partial charge on any atom is -0.368 e. The molecule has 0 aliphatic rings. The van der Waals surface area contributed by atoms with E-state index in [1.54, 1.807) is 12.1 Å². The van der Waals surface area contributed by atoms with Gasteiger partial charge in [-0.1, -0.05) is 28.1 Å². The lowest BCUT2D eigenvalue weighted by molar-refractivity contribution is -0.117. The van der Waals surface area contributed by atoms with Crippen LogP contribution in [0.5, 0.6) is 0 Å². The van der Waals surface area contributed by atoms with Crippen molar-refractivity contribution in [2.75, 3.05) is 0 Å². The number of benzene rings is 1. The standard InChI is InChI=1S/C8H8BrNO4S/c9-6-3-1-2-5(4-6)7(8(10)11)15(12,13)14/h1-4,7H,(H2,10,11)(H,12,13,14). The molecule has 1 rings (SSSR count). The molecule has 5 nitrogen and oxygen atoms in total. The molecule has 82 valence electrons. The summed E-state index contributed by atoms with van der Waals surface area (Å²) < 4.78 is 31.3. The molecule has 0 aliphatic carbocycles. The molecule has 0 fully saturated rings. The third-order valence-electron chi connectivity index (χ3n) is 1.71. The van der Waals surface area contributed by atoms with E-state index in [9.17, 15) is 13.2 Å². The van der Waals surface area contributed by atoms with Crippen molar-refractivity contribution < 1.29 is 17.8 Å². The predicted octanol–water partition coefficient (Wildman–Crippen LogP) is 0.863. The van der Waals surface area contributed by atoms with Gasteiger partial charge in [0.05, 0.1) is 0 Å². The van der Waals surface area contributed by atoms with Crippen LogP contribution in [-0.2, 0) is 14.9 Å². The Morgan fingerprint density at radius 3 is 2.47 bits per heavy atom. The van der Waals surface area contributed by atoms with E-state index in [0.29, 0.717) is 4.47 Å². The van der Waals surface area contributed by atoms with Crippen LogP contribution in [0.15, 0.2) is 28.7 Å². The van der Waals surface area contributed by atoms with Crippen molar-refractivity contribution in [2.45, 2.75) is 5.25 Å². The number of rotatable bonds is 3. The van der Waals surface area contributed by atoms with Crippen LogP contribution in [0.3, 0.4) is 0 Å². The minimum atomic E-state index is -4.53. The van der Waals surface area contributed by atoms with Crippen LogP contribution in [0.4, 0.5) is 0 Å². The molecule has 15 heavy (non-hydrogen) atoms. The molecule has 0 spiro atoms. The van der Waals surface area contributed by atoms with Crippen molar-refractivity contribution in [3.8, 4) is 0 Å². The maximum atomic E-state index is 10.9. The molecule has 0 radical (unpaired) electrons. The Bertz CT molecular complexity index is 485. The Balaban J connectivity index is 3.29. The van der Waals surface area contributed by atoms with Gasteiger partial charge in [0, 0.05) is 4.47 Å². The molecule has 7 heteroatoms. The Hall–Kier alpha value is -0.920. The topological polar surface area (TPSA) is 97.5 Å². The fourth-order valence-electron chi connectivity index (χ4n) is 1.15. The summed E-state index contributed by atoms with van der Waals surface area (Å²) in [4.78, 5) is 10.9. The Morgan fingerprint density at radius 1 is 1.47 bits per heavy atom. The molecule has 0 bridgehead atoms. The zero-order chi connectivity index (χ0) is 11.6. The first kappa shape index (κ1) is 12.2. The summed E-state index contributed by atoms with van der Waals surface area (Å²) in [6, 6.07) is 6.00. The van der Waals surface area contributed by atoms with Gasteiger partial charge >= 0.3 is 0 Å². The molecular formula is C8H8BrNO4S. The number of halogens is 1. The van der Waals surface area contributed by atoms with Gasteiger partial charge in [0.15, 0.2) is 5.25 Å². The zero-order valence-corrected chi connectivity index (χ0v) is 9.82. The van der Waals surface area contributed by atoms with Gasteiger partial charge in [-0.15, -0.1) is 0 Å². The molecule has 0 aromatic heterocycles. The zero-order valence-electron chi connectivity index (χ0n) is 7.42. The SMILES string of the molecule is NC(=O)C(c1cccc(Br)c1)S(=O)(=O)O. The van der Waals surface area contributed by atoms with E-state index in [0.717, 1.165) is 0 Å². The average Bonchev–Trinajstić information content (AvgIpc) is 1.99. The van der Waals surface area contributed by atoms with E-state index in [2.05, 4.69) is 15.9 Å². The molecular weight excluding hydrogens is 286 g/mol. The lowest BCUT2D eigenvalue weighted by atomic mass is 10.1. The number of carbonyl (C=O) groups excluding carboxylic acids is 1. The smallest absolute Gasteiger partial charge is 0.281 e. The van der Waals surface area contributed by atoms with E-state index >= 15 is 0 Å². The number of primary amides is 1. The average molecular weight is 294 g/mol. The normalized spacial score (nSPS) is 13.5. The van der Waals surface area contributed by atoms with Crippen LogP contribution in [0.2, 0.25) is 0 Å². The van der Waals surface area contributed by atoms with Gasteiger partial charge < -0.3 is 5.73 Å². The fraction of sp³-hybridized carbons (Fsp3) is 0.125. The van der Waals surface area contributed by atoms with Crippen molar-refractivity contribution in [3.63, 3.8) is 0 Å². The molecule has 0 saturated carbocycles. The van der Waals surface area contributed by atoms with Crippen LogP contribution in [0.1, 0.15) is 10.8 Å². The maximum Gasteiger partial charge on any atom is 0.281 e. The van der Waals surface area contributed by atoms with Crippen LogP contribution in [0.25, 0.3) is 0 Å². The molecule has 1 atom stereocenters. The highest BCUT2D eigenvalue weighted by Crippen LogP contribution is 2.23. The van der Waals surface area contributed by atoms with Crippen molar-refractivity contribution >= 4 is 32.0 Å². The summed E-state index contributed by atoms with van der Waals surface area (Å²) in [5.41, 5.74) is 5.04. The van der Waals surface area contributed by atoms with Crippen molar-refractivity contribution in [2.24, 2.45) is 5.73 Å². The van der Waals surface area contributed by atoms with Crippen LogP contribution in [0, 0.1) is 0 Å². The summed E-state index contributed by atoms with van der Waals surface area (Å²) in [6.07, 6.45) is 0. The van der Waals surface area contributed by atoms with Crippen molar-refractivity contribution in [1.29, 1.82) is 0 Å². The van der Waals surface area contributed by atoms with Crippen LogP contribution < -0.4 is 5.73 Å². The number of carbonyl (C=O) groups is 1. The van der Waals surface area contributed by atoms with Gasteiger partial charge in [-0.25, -0.2) is 0 Å². The molecule has 1 amide bonds. The Labute approximate surface area is 95.2 Å². The van der Waals surface area contributed by atoms with E-state index < -0.39 is 21.3 Å². The fourth-order valence-corrected chi connectivity index (χ4v) is 2.35. The summed E-state index contributed by atoms with van der Waals surface area (Å²) >= 11 is 3.12. The van der Waals surface area contributed by atoms with Crippen LogP contribution >= 0.6 is 15.9 Å². The second-order valence-corrected chi connectivity index (χ2v) is 5.27. The van der Waals surface area contributed by atoms with E-state index in [1.165, 1.54) is 12.1 Å². The number of nitrogens with two attached hydrogens (primary N) is 1. The first-order valence-electron chi connectivity index (χ1n) is 3.83. The van der Waals surface area contributed by atoms with Crippen LogP contribution in [-0.4, -0.2) is 18.9 Å². The van der Waals surface area contributed by atoms with Gasteiger partial charge in [-0.3, -0.25) is 9.35 Å². The lowest BCUT2D eigenvalue weighted by Crippen LogP contribution is -2.28. The monoisotopic (exact) mass is 293 g/mol. The lowest BCUT2D eigenvalue weighted by Gasteiger charge is -2.10. The molecule has 0 heterocycles. The van der Waals surface area contributed by atoms with E-state index in [4.69, 9.17) is 10.3 Å². The van der Waals surface area contributed by atoms with E-state index in [-0.39, 0.29) is 5.56 Å². The summed E-state index contributed by atoms with van der Waals surface area (Å²) in [7, 11) is -4.53. The van der Waals surface area contributed by atoms with Gasteiger partial charge in [0.2, 0.25) is 5.91 Å². The molecule has 0 aliphatic heterocycles. The van der Waals surface area contributed by atoms with Gasteiger partial charge in [0.1, 0.15) is 0 Å². The highest BCUT2D eigenvalue weighted by Gasteiger charge is 2.30. The first-order chi connectivity index (χ1) is 6.82. The van der Waals surface area contributed by atoms with Gasteiger partial charge in [-0.2, -0.15) is 8.42 Å². The minimum absolute atomic E-state index is 0.124. The van der Waals surface area contributed by atoms with Gasteiger partial charge in [-0.05, 0) is 17.7 Å². The highest BCUT2D eigenvalue weighted by molar-refractivity contribution is 9.10. The van der Waals surface area contributed by atoms with Gasteiger partial charge in [0.25, 0.3) is 10.1 Å². The quantitative estimate of drug-likeness (QED) is 0.808. The third kappa shape index (κ3) is 3.01. The first-order valence-corrected chi connectivity index (χ1v) is 6.13.